The van der Waals surface area contributed by atoms with E-state index in [1.807, 2.05) is 30.3 Å². The van der Waals surface area contributed by atoms with E-state index in [0.29, 0.717) is 11.5 Å². The van der Waals surface area contributed by atoms with Gasteiger partial charge in [0.15, 0.2) is 0 Å². The largest absolute Gasteiger partial charge is 0.457 e. The van der Waals surface area contributed by atoms with Crippen LogP contribution in [0.15, 0.2) is 53.4 Å². The molecule has 0 unspecified atom stereocenters. The van der Waals surface area contributed by atoms with E-state index in [1.54, 1.807) is 6.07 Å². The van der Waals surface area contributed by atoms with Gasteiger partial charge in [-0.15, -0.1) is 0 Å². The molecule has 0 saturated heterocycles. The third-order valence-corrected chi connectivity index (χ3v) is 5.95. The zero-order valence-corrected chi connectivity index (χ0v) is 18.3. The van der Waals surface area contributed by atoms with E-state index in [2.05, 4.69) is 6.92 Å². The number of ether oxygens (including phenoxy) is 1. The van der Waals surface area contributed by atoms with E-state index >= 15 is 0 Å². The molecule has 5 heteroatoms. The van der Waals surface area contributed by atoms with Gasteiger partial charge in [0.25, 0.3) is 10.1 Å². The molecule has 29 heavy (non-hydrogen) atoms. The fraction of sp³-hybridized carbons (Fsp3) is 0.500. The van der Waals surface area contributed by atoms with Crippen molar-refractivity contribution in [3.05, 3.63) is 54.1 Å². The summed E-state index contributed by atoms with van der Waals surface area (Å²) in [5.41, 5.74) is 0.809. The van der Waals surface area contributed by atoms with Crippen molar-refractivity contribution >= 4 is 10.1 Å². The number of hydrogen-bond acceptors (Lipinski definition) is 3. The van der Waals surface area contributed by atoms with E-state index < -0.39 is 10.1 Å². The molecule has 0 aromatic heterocycles. The maximum Gasteiger partial charge on any atom is 0.294 e. The maximum atomic E-state index is 11.5. The Balaban J connectivity index is 1.86. The van der Waals surface area contributed by atoms with E-state index in [4.69, 9.17) is 4.74 Å². The average Bonchev–Trinajstić information content (AvgIpc) is 2.70. The Hall–Kier alpha value is -1.85. The lowest BCUT2D eigenvalue weighted by molar-refractivity contribution is 0.470. The van der Waals surface area contributed by atoms with Crippen LogP contribution in [0, 0.1) is 0 Å². The Morgan fingerprint density at radius 3 is 1.97 bits per heavy atom. The molecular weight excluding hydrogens is 384 g/mol. The van der Waals surface area contributed by atoms with Crippen LogP contribution in [0.25, 0.3) is 0 Å². The molecule has 0 saturated carbocycles. The lowest BCUT2D eigenvalue weighted by Crippen LogP contribution is -2.01. The molecule has 0 aliphatic rings. The van der Waals surface area contributed by atoms with Crippen molar-refractivity contribution in [3.63, 3.8) is 0 Å². The minimum atomic E-state index is -4.22. The zero-order chi connectivity index (χ0) is 21.0. The fourth-order valence-electron chi connectivity index (χ4n) is 3.43. The second-order valence-electron chi connectivity index (χ2n) is 7.59. The summed E-state index contributed by atoms with van der Waals surface area (Å²) < 4.78 is 38.3. The molecule has 2 aromatic rings. The summed E-state index contributed by atoms with van der Waals surface area (Å²) in [5.74, 6) is 1.34. The number of unbranched alkanes of at least 4 members (excludes halogenated alkanes) is 9. The fourth-order valence-corrected chi connectivity index (χ4v) is 3.96. The topological polar surface area (TPSA) is 63.6 Å². The standard InChI is InChI=1S/C24H34O4S/c1-2-3-4-5-6-7-8-9-10-12-15-21-20-23(29(25,26)27)18-19-24(21)28-22-16-13-11-14-17-22/h11,13-14,16-20H,2-10,12,15H2,1H3,(H,25,26,27). The number of para-hydroxylation sites is 1. The van der Waals surface area contributed by atoms with Crippen LogP contribution in [0.5, 0.6) is 11.5 Å². The van der Waals surface area contributed by atoms with Gasteiger partial charge in [0.05, 0.1) is 4.90 Å². The summed E-state index contributed by atoms with van der Waals surface area (Å²) in [4.78, 5) is -0.0833. The predicted octanol–water partition coefficient (Wildman–Crippen LogP) is 7.19. The minimum Gasteiger partial charge on any atom is -0.457 e. The molecule has 1 N–H and O–H groups in total. The molecule has 0 heterocycles. The maximum absolute atomic E-state index is 11.5. The van der Waals surface area contributed by atoms with Crippen LogP contribution in [0.1, 0.15) is 76.7 Å². The van der Waals surface area contributed by atoms with Crippen molar-refractivity contribution in [2.75, 3.05) is 0 Å². The van der Waals surface area contributed by atoms with Gasteiger partial charge in [0, 0.05) is 0 Å². The summed E-state index contributed by atoms with van der Waals surface area (Å²) in [5, 5.41) is 0. The Labute approximate surface area is 176 Å². The second kappa shape index (κ2) is 12.7. The van der Waals surface area contributed by atoms with Crippen LogP contribution < -0.4 is 4.74 Å². The second-order valence-corrected chi connectivity index (χ2v) is 9.01. The summed E-state index contributed by atoms with van der Waals surface area (Å²) in [6.45, 7) is 2.24. The predicted molar refractivity (Wildman–Crippen MR) is 118 cm³/mol. The van der Waals surface area contributed by atoms with Gasteiger partial charge < -0.3 is 4.74 Å². The van der Waals surface area contributed by atoms with Gasteiger partial charge in [0.1, 0.15) is 11.5 Å². The molecule has 2 aromatic carbocycles. The van der Waals surface area contributed by atoms with Gasteiger partial charge in [-0.05, 0) is 48.7 Å². The molecular formula is C24H34O4S. The summed E-state index contributed by atoms with van der Waals surface area (Å²) >= 11 is 0. The lowest BCUT2D eigenvalue weighted by Gasteiger charge is -2.12. The number of aryl methyl sites for hydroxylation is 1. The first kappa shape index (κ1) is 23.4. The molecule has 0 radical (unpaired) electrons. The number of hydrogen-bond donors (Lipinski definition) is 1. The molecule has 0 atom stereocenters. The van der Waals surface area contributed by atoms with Crippen LogP contribution in [-0.4, -0.2) is 13.0 Å². The molecule has 0 aliphatic carbocycles. The van der Waals surface area contributed by atoms with E-state index in [0.717, 1.165) is 24.8 Å². The van der Waals surface area contributed by atoms with E-state index in [-0.39, 0.29) is 4.90 Å². The smallest absolute Gasteiger partial charge is 0.294 e. The Morgan fingerprint density at radius 2 is 1.38 bits per heavy atom. The van der Waals surface area contributed by atoms with Gasteiger partial charge in [-0.25, -0.2) is 0 Å². The van der Waals surface area contributed by atoms with Crippen LogP contribution in [0.2, 0.25) is 0 Å². The highest BCUT2D eigenvalue weighted by Crippen LogP contribution is 2.29. The molecule has 0 fully saturated rings. The van der Waals surface area contributed by atoms with Gasteiger partial charge >= 0.3 is 0 Å². The number of rotatable bonds is 14. The molecule has 4 nitrogen and oxygen atoms in total. The molecule has 2 rings (SSSR count). The third-order valence-electron chi connectivity index (χ3n) is 5.10. The lowest BCUT2D eigenvalue weighted by atomic mass is 10.0. The first-order chi connectivity index (χ1) is 14.0. The van der Waals surface area contributed by atoms with Gasteiger partial charge in [0.2, 0.25) is 0 Å². The average molecular weight is 419 g/mol. The van der Waals surface area contributed by atoms with Crippen LogP contribution in [0.3, 0.4) is 0 Å². The third kappa shape index (κ3) is 9.01. The van der Waals surface area contributed by atoms with Crippen molar-refractivity contribution in [1.82, 2.24) is 0 Å². The minimum absolute atomic E-state index is 0.0833. The van der Waals surface area contributed by atoms with Crippen molar-refractivity contribution in [2.24, 2.45) is 0 Å². The van der Waals surface area contributed by atoms with E-state index in [9.17, 15) is 13.0 Å². The Bertz CT molecular complexity index is 816. The monoisotopic (exact) mass is 418 g/mol. The highest BCUT2D eigenvalue weighted by atomic mass is 32.2. The highest BCUT2D eigenvalue weighted by Gasteiger charge is 2.14. The SMILES string of the molecule is CCCCCCCCCCCCc1cc(S(=O)(=O)O)ccc1Oc1ccccc1. The Kier molecular flexibility index (Phi) is 10.2. The number of benzene rings is 2. The van der Waals surface area contributed by atoms with Gasteiger partial charge in [-0.1, -0.05) is 82.9 Å². The van der Waals surface area contributed by atoms with Crippen molar-refractivity contribution in [3.8, 4) is 11.5 Å². The quantitative estimate of drug-likeness (QED) is 0.260. The Morgan fingerprint density at radius 1 is 0.793 bits per heavy atom. The highest BCUT2D eigenvalue weighted by molar-refractivity contribution is 7.85. The van der Waals surface area contributed by atoms with Crippen molar-refractivity contribution in [1.29, 1.82) is 0 Å². The first-order valence-electron chi connectivity index (χ1n) is 10.8. The molecule has 0 aliphatic heterocycles. The van der Waals surface area contributed by atoms with E-state index in [1.165, 1.54) is 63.5 Å². The molecule has 0 amide bonds. The zero-order valence-electron chi connectivity index (χ0n) is 17.5. The molecule has 0 spiro atoms. The van der Waals surface area contributed by atoms with Gasteiger partial charge in [-0.2, -0.15) is 8.42 Å². The van der Waals surface area contributed by atoms with Crippen LogP contribution >= 0.6 is 0 Å². The van der Waals surface area contributed by atoms with Crippen LogP contribution in [0.4, 0.5) is 0 Å². The summed E-state index contributed by atoms with van der Waals surface area (Å²) in [7, 11) is -4.22. The van der Waals surface area contributed by atoms with Crippen molar-refractivity contribution < 1.29 is 17.7 Å². The van der Waals surface area contributed by atoms with Crippen molar-refractivity contribution in [2.45, 2.75) is 82.4 Å². The van der Waals surface area contributed by atoms with Gasteiger partial charge in [-0.3, -0.25) is 4.55 Å². The first-order valence-corrected chi connectivity index (χ1v) is 12.3. The van der Waals surface area contributed by atoms with Crippen LogP contribution in [-0.2, 0) is 16.5 Å². The molecule has 0 bridgehead atoms. The normalized spacial score (nSPS) is 11.5. The molecule has 160 valence electrons. The summed E-state index contributed by atoms with van der Waals surface area (Å²) in [6, 6.07) is 14.0. The summed E-state index contributed by atoms with van der Waals surface area (Å²) in [6.07, 6.45) is 13.2.